The Labute approximate surface area is 64.8 Å². The molecule has 0 aliphatic heterocycles. The first-order valence-electron chi connectivity index (χ1n) is 3.25. The van der Waals surface area contributed by atoms with Crippen molar-refractivity contribution in [1.82, 2.24) is 0 Å². The summed E-state index contributed by atoms with van der Waals surface area (Å²) in [5.74, 6) is -0.149. The lowest BCUT2D eigenvalue weighted by Gasteiger charge is -2.07. The molecule has 0 amide bonds. The van der Waals surface area contributed by atoms with E-state index in [0.29, 0.717) is 11.3 Å². The molecule has 2 N–H and O–H groups in total. The first kappa shape index (κ1) is 7.85. The maximum absolute atomic E-state index is 12.9. The van der Waals surface area contributed by atoms with Crippen molar-refractivity contribution in [3.8, 4) is 5.75 Å². The Balaban J connectivity index is 3.29. The lowest BCUT2D eigenvalue weighted by molar-refractivity contribution is 0.384. The Morgan fingerprint density at radius 1 is 1.45 bits per heavy atom. The van der Waals surface area contributed by atoms with Crippen LogP contribution in [0.3, 0.4) is 0 Å². The second-order valence-corrected chi connectivity index (χ2v) is 2.29. The summed E-state index contributed by atoms with van der Waals surface area (Å²) in [6, 6.07) is 2.81. The van der Waals surface area contributed by atoms with E-state index in [4.69, 9.17) is 10.5 Å². The minimum Gasteiger partial charge on any atom is -0.493 e. The predicted octanol–water partition coefficient (Wildman–Crippen LogP) is 1.72. The monoisotopic (exact) mass is 155 g/mol. The van der Waals surface area contributed by atoms with Gasteiger partial charge in [0.15, 0.2) is 11.6 Å². The number of rotatable bonds is 1. The van der Waals surface area contributed by atoms with E-state index in [2.05, 4.69) is 0 Å². The minimum absolute atomic E-state index is 0.227. The lowest BCUT2D eigenvalue weighted by atomic mass is 10.2. The number of nitrogens with two attached hydrogens (primary N) is 1. The van der Waals surface area contributed by atoms with E-state index in [0.717, 1.165) is 0 Å². The van der Waals surface area contributed by atoms with Gasteiger partial charge in [-0.3, -0.25) is 0 Å². The molecule has 0 heterocycles. The average Bonchev–Trinajstić information content (AvgIpc) is 1.99. The quantitative estimate of drug-likeness (QED) is 0.627. The van der Waals surface area contributed by atoms with E-state index >= 15 is 0 Å². The third-order valence-corrected chi connectivity index (χ3v) is 1.60. The minimum atomic E-state index is -0.376. The van der Waals surface area contributed by atoms with Gasteiger partial charge in [-0.05, 0) is 19.1 Å². The van der Waals surface area contributed by atoms with Gasteiger partial charge in [0.05, 0.1) is 7.11 Å². The van der Waals surface area contributed by atoms with Crippen LogP contribution in [0.15, 0.2) is 12.1 Å². The number of halogens is 1. The van der Waals surface area contributed by atoms with Gasteiger partial charge in [-0.2, -0.15) is 0 Å². The molecule has 0 atom stereocenters. The van der Waals surface area contributed by atoms with Crippen molar-refractivity contribution < 1.29 is 9.13 Å². The molecule has 0 bridgehead atoms. The van der Waals surface area contributed by atoms with Crippen molar-refractivity contribution in [2.24, 2.45) is 0 Å². The highest BCUT2D eigenvalue weighted by molar-refractivity contribution is 5.53. The van der Waals surface area contributed by atoms with Crippen LogP contribution < -0.4 is 10.5 Å². The second kappa shape index (κ2) is 2.78. The third kappa shape index (κ3) is 1.27. The maximum Gasteiger partial charge on any atom is 0.165 e. The Hall–Kier alpha value is -1.25. The highest BCUT2D eigenvalue weighted by Gasteiger charge is 2.07. The zero-order valence-electron chi connectivity index (χ0n) is 6.52. The highest BCUT2D eigenvalue weighted by atomic mass is 19.1. The SMILES string of the molecule is COc1c(F)ccc(N)c1C. The molecule has 0 fully saturated rings. The fourth-order valence-corrected chi connectivity index (χ4v) is 0.924. The number of benzene rings is 1. The van der Waals surface area contributed by atoms with Crippen molar-refractivity contribution in [3.05, 3.63) is 23.5 Å². The van der Waals surface area contributed by atoms with Gasteiger partial charge in [0.2, 0.25) is 0 Å². The van der Waals surface area contributed by atoms with Crippen LogP contribution in [0.4, 0.5) is 10.1 Å². The van der Waals surface area contributed by atoms with Crippen LogP contribution in [-0.4, -0.2) is 7.11 Å². The lowest BCUT2D eigenvalue weighted by Crippen LogP contribution is -1.96. The fraction of sp³-hybridized carbons (Fsp3) is 0.250. The number of methoxy groups -OCH3 is 1. The van der Waals surface area contributed by atoms with Gasteiger partial charge in [0.25, 0.3) is 0 Å². The molecular weight excluding hydrogens is 145 g/mol. The van der Waals surface area contributed by atoms with E-state index < -0.39 is 0 Å². The van der Waals surface area contributed by atoms with Crippen molar-refractivity contribution >= 4 is 5.69 Å². The van der Waals surface area contributed by atoms with Crippen molar-refractivity contribution in [1.29, 1.82) is 0 Å². The number of hydrogen-bond donors (Lipinski definition) is 1. The molecule has 0 radical (unpaired) electrons. The summed E-state index contributed by atoms with van der Waals surface area (Å²) in [4.78, 5) is 0. The standard InChI is InChI=1S/C8H10FNO/c1-5-7(10)4-3-6(9)8(5)11-2/h3-4H,10H2,1-2H3. The van der Waals surface area contributed by atoms with Crippen LogP contribution in [0, 0.1) is 12.7 Å². The smallest absolute Gasteiger partial charge is 0.165 e. The Morgan fingerprint density at radius 2 is 2.09 bits per heavy atom. The molecule has 1 rings (SSSR count). The van der Waals surface area contributed by atoms with Crippen LogP contribution in [0.1, 0.15) is 5.56 Å². The number of anilines is 1. The molecule has 0 spiro atoms. The molecule has 0 saturated carbocycles. The van der Waals surface area contributed by atoms with E-state index in [1.54, 1.807) is 6.92 Å². The van der Waals surface area contributed by atoms with Gasteiger partial charge < -0.3 is 10.5 Å². The molecule has 2 nitrogen and oxygen atoms in total. The first-order valence-corrected chi connectivity index (χ1v) is 3.25. The molecule has 3 heteroatoms. The van der Waals surface area contributed by atoms with Crippen LogP contribution in [0.5, 0.6) is 5.75 Å². The molecule has 1 aromatic rings. The Morgan fingerprint density at radius 3 is 2.55 bits per heavy atom. The van der Waals surface area contributed by atoms with Crippen LogP contribution >= 0.6 is 0 Å². The summed E-state index contributed by atoms with van der Waals surface area (Å²) in [6.45, 7) is 1.72. The Bertz CT molecular complexity index is 273. The molecule has 0 saturated heterocycles. The van der Waals surface area contributed by atoms with Crippen molar-refractivity contribution in [2.75, 3.05) is 12.8 Å². The molecule has 0 aliphatic rings. The largest absolute Gasteiger partial charge is 0.493 e. The number of ether oxygens (including phenoxy) is 1. The topological polar surface area (TPSA) is 35.2 Å². The van der Waals surface area contributed by atoms with Crippen molar-refractivity contribution in [2.45, 2.75) is 6.92 Å². The van der Waals surface area contributed by atoms with Crippen LogP contribution in [-0.2, 0) is 0 Å². The number of hydrogen-bond acceptors (Lipinski definition) is 2. The Kier molecular flexibility index (Phi) is 1.98. The summed E-state index contributed by atoms with van der Waals surface area (Å²) in [5, 5.41) is 0. The molecule has 60 valence electrons. The summed E-state index contributed by atoms with van der Waals surface area (Å²) in [7, 11) is 1.42. The normalized spacial score (nSPS) is 9.73. The van der Waals surface area contributed by atoms with E-state index in [1.165, 1.54) is 19.2 Å². The second-order valence-electron chi connectivity index (χ2n) is 2.29. The molecule has 0 unspecified atom stereocenters. The first-order chi connectivity index (χ1) is 5.16. The third-order valence-electron chi connectivity index (χ3n) is 1.60. The van der Waals surface area contributed by atoms with Gasteiger partial charge in [0, 0.05) is 11.3 Å². The van der Waals surface area contributed by atoms with E-state index in [1.807, 2.05) is 0 Å². The van der Waals surface area contributed by atoms with Gasteiger partial charge in [-0.15, -0.1) is 0 Å². The van der Waals surface area contributed by atoms with Crippen molar-refractivity contribution in [3.63, 3.8) is 0 Å². The van der Waals surface area contributed by atoms with Crippen LogP contribution in [0.2, 0.25) is 0 Å². The highest BCUT2D eigenvalue weighted by Crippen LogP contribution is 2.25. The molecule has 0 aromatic heterocycles. The maximum atomic E-state index is 12.9. The predicted molar refractivity (Wildman–Crippen MR) is 42.1 cm³/mol. The zero-order chi connectivity index (χ0) is 8.43. The van der Waals surface area contributed by atoms with Crippen LogP contribution in [0.25, 0.3) is 0 Å². The summed E-state index contributed by atoms with van der Waals surface area (Å²) in [6.07, 6.45) is 0. The summed E-state index contributed by atoms with van der Waals surface area (Å²) in [5.41, 5.74) is 6.71. The molecular formula is C8H10FNO. The summed E-state index contributed by atoms with van der Waals surface area (Å²) < 4.78 is 17.7. The molecule has 1 aromatic carbocycles. The number of nitrogen functional groups attached to an aromatic ring is 1. The van der Waals surface area contributed by atoms with Gasteiger partial charge >= 0.3 is 0 Å². The van der Waals surface area contributed by atoms with E-state index in [-0.39, 0.29) is 11.6 Å². The van der Waals surface area contributed by atoms with Gasteiger partial charge in [-0.1, -0.05) is 0 Å². The molecule has 0 aliphatic carbocycles. The van der Waals surface area contributed by atoms with Gasteiger partial charge in [0.1, 0.15) is 0 Å². The zero-order valence-corrected chi connectivity index (χ0v) is 6.52. The summed E-state index contributed by atoms with van der Waals surface area (Å²) >= 11 is 0. The van der Waals surface area contributed by atoms with Gasteiger partial charge in [-0.25, -0.2) is 4.39 Å². The average molecular weight is 155 g/mol. The fourth-order valence-electron chi connectivity index (χ4n) is 0.924. The molecule has 11 heavy (non-hydrogen) atoms. The van der Waals surface area contributed by atoms with E-state index in [9.17, 15) is 4.39 Å².